The van der Waals surface area contributed by atoms with E-state index in [1.54, 1.807) is 0 Å². The molecule has 0 atom stereocenters. The standard InChI is InChI=1S/C12H20N/c1-4-6-7-12(5-2)13(3)10-11-8-9-11/h1,11H,5-10H2,2-3H3/q+1. The van der Waals surface area contributed by atoms with Crippen LogP contribution in [0, 0.1) is 18.3 Å². The second kappa shape index (κ2) is 5.07. The van der Waals surface area contributed by atoms with Crippen LogP contribution in [-0.4, -0.2) is 23.9 Å². The molecule has 0 aromatic rings. The molecule has 0 saturated heterocycles. The van der Waals surface area contributed by atoms with Crippen LogP contribution in [0.4, 0.5) is 0 Å². The summed E-state index contributed by atoms with van der Waals surface area (Å²) in [6.45, 7) is 3.46. The molecule has 0 spiro atoms. The quantitative estimate of drug-likeness (QED) is 0.345. The molecule has 0 amide bonds. The van der Waals surface area contributed by atoms with Gasteiger partial charge in [0.1, 0.15) is 13.6 Å². The van der Waals surface area contributed by atoms with Crippen molar-refractivity contribution in [1.29, 1.82) is 0 Å². The molecule has 1 heteroatoms. The van der Waals surface area contributed by atoms with E-state index in [4.69, 9.17) is 6.42 Å². The largest absolute Gasteiger partial charge is 0.239 e. The Morgan fingerprint density at radius 2 is 2.23 bits per heavy atom. The van der Waals surface area contributed by atoms with Crippen molar-refractivity contribution in [3.63, 3.8) is 0 Å². The van der Waals surface area contributed by atoms with Gasteiger partial charge in [-0.3, -0.25) is 0 Å². The third kappa shape index (κ3) is 3.63. The monoisotopic (exact) mass is 178 g/mol. The highest BCUT2D eigenvalue weighted by atomic mass is 15.0. The van der Waals surface area contributed by atoms with Crippen LogP contribution in [0.25, 0.3) is 0 Å². The second-order valence-corrected chi connectivity index (χ2v) is 3.95. The summed E-state index contributed by atoms with van der Waals surface area (Å²) in [5.41, 5.74) is 1.52. The van der Waals surface area contributed by atoms with Crippen molar-refractivity contribution in [2.45, 2.75) is 39.0 Å². The minimum atomic E-state index is 0.887. The summed E-state index contributed by atoms with van der Waals surface area (Å²) in [6.07, 6.45) is 11.2. The highest BCUT2D eigenvalue weighted by Crippen LogP contribution is 2.28. The first kappa shape index (κ1) is 10.3. The van der Waals surface area contributed by atoms with Gasteiger partial charge in [0.05, 0.1) is 0 Å². The van der Waals surface area contributed by atoms with Crippen LogP contribution in [0.2, 0.25) is 0 Å². The van der Waals surface area contributed by atoms with Gasteiger partial charge in [0.25, 0.3) is 0 Å². The minimum Gasteiger partial charge on any atom is -0.239 e. The van der Waals surface area contributed by atoms with Gasteiger partial charge in [0.15, 0.2) is 5.71 Å². The maximum atomic E-state index is 5.26. The van der Waals surface area contributed by atoms with E-state index in [0.29, 0.717) is 0 Å². The normalized spacial score (nSPS) is 17.9. The summed E-state index contributed by atoms with van der Waals surface area (Å²) in [7, 11) is 2.20. The van der Waals surface area contributed by atoms with E-state index < -0.39 is 0 Å². The summed E-state index contributed by atoms with van der Waals surface area (Å²) in [4.78, 5) is 0. The van der Waals surface area contributed by atoms with Gasteiger partial charge in [-0.25, -0.2) is 4.58 Å². The van der Waals surface area contributed by atoms with Gasteiger partial charge in [0, 0.05) is 25.2 Å². The summed E-state index contributed by atoms with van der Waals surface area (Å²) in [5.74, 6) is 3.68. The molecule has 1 aliphatic rings. The van der Waals surface area contributed by atoms with E-state index >= 15 is 0 Å². The van der Waals surface area contributed by atoms with Gasteiger partial charge < -0.3 is 0 Å². The van der Waals surface area contributed by atoms with Gasteiger partial charge in [-0.15, -0.1) is 12.3 Å². The van der Waals surface area contributed by atoms with Crippen molar-refractivity contribution in [2.24, 2.45) is 5.92 Å². The number of nitrogens with zero attached hydrogens (tertiary/aromatic N) is 1. The zero-order chi connectivity index (χ0) is 9.68. The molecule has 72 valence electrons. The van der Waals surface area contributed by atoms with Crippen molar-refractivity contribution < 1.29 is 4.58 Å². The Hall–Kier alpha value is -0.770. The number of hydrogen-bond donors (Lipinski definition) is 0. The molecule has 0 unspecified atom stereocenters. The predicted molar refractivity (Wildman–Crippen MR) is 57.1 cm³/mol. The second-order valence-electron chi connectivity index (χ2n) is 3.95. The summed E-state index contributed by atoms with van der Waals surface area (Å²) >= 11 is 0. The topological polar surface area (TPSA) is 3.01 Å². The molecular formula is C12H20N+. The fourth-order valence-electron chi connectivity index (χ4n) is 1.67. The SMILES string of the molecule is C#CCCC(CC)=[N+](C)CC1CC1. The molecule has 0 N–H and O–H groups in total. The average Bonchev–Trinajstić information content (AvgIpc) is 2.90. The maximum absolute atomic E-state index is 5.26. The summed E-state index contributed by atoms with van der Waals surface area (Å²) < 4.78 is 2.41. The van der Waals surface area contributed by atoms with Crippen LogP contribution in [-0.2, 0) is 0 Å². The van der Waals surface area contributed by atoms with Crippen LogP contribution in [0.1, 0.15) is 39.0 Å². The Morgan fingerprint density at radius 1 is 1.54 bits per heavy atom. The number of hydrogen-bond acceptors (Lipinski definition) is 0. The van der Waals surface area contributed by atoms with Gasteiger partial charge in [0.2, 0.25) is 0 Å². The van der Waals surface area contributed by atoms with Crippen LogP contribution in [0.3, 0.4) is 0 Å². The number of rotatable bonds is 5. The zero-order valence-electron chi connectivity index (χ0n) is 8.84. The predicted octanol–water partition coefficient (Wildman–Crippen LogP) is 2.30. The average molecular weight is 178 g/mol. The molecule has 1 rings (SSSR count). The molecule has 0 aromatic heterocycles. The fourth-order valence-corrected chi connectivity index (χ4v) is 1.67. The van der Waals surface area contributed by atoms with Gasteiger partial charge in [-0.1, -0.05) is 6.92 Å². The fraction of sp³-hybridized carbons (Fsp3) is 0.750. The van der Waals surface area contributed by atoms with E-state index in [2.05, 4.69) is 24.5 Å². The lowest BCUT2D eigenvalue weighted by Gasteiger charge is -2.02. The lowest BCUT2D eigenvalue weighted by Crippen LogP contribution is -2.19. The minimum absolute atomic E-state index is 0.887. The van der Waals surface area contributed by atoms with Crippen LogP contribution in [0.5, 0.6) is 0 Å². The van der Waals surface area contributed by atoms with E-state index in [9.17, 15) is 0 Å². The van der Waals surface area contributed by atoms with Crippen molar-refractivity contribution in [3.8, 4) is 12.3 Å². The molecule has 1 saturated carbocycles. The van der Waals surface area contributed by atoms with Crippen LogP contribution < -0.4 is 0 Å². The molecule has 0 radical (unpaired) electrons. The van der Waals surface area contributed by atoms with Crippen molar-refractivity contribution in [3.05, 3.63) is 0 Å². The highest BCUT2D eigenvalue weighted by Gasteiger charge is 2.26. The van der Waals surface area contributed by atoms with Crippen molar-refractivity contribution in [2.75, 3.05) is 13.6 Å². The number of terminal acetylenes is 1. The van der Waals surface area contributed by atoms with Gasteiger partial charge in [-0.05, 0) is 12.8 Å². The first-order valence-electron chi connectivity index (χ1n) is 5.27. The molecule has 0 heterocycles. The maximum Gasteiger partial charge on any atom is 0.152 e. The van der Waals surface area contributed by atoms with Gasteiger partial charge in [-0.2, -0.15) is 0 Å². The summed E-state index contributed by atoms with van der Waals surface area (Å²) in [5, 5.41) is 0. The third-order valence-electron chi connectivity index (χ3n) is 2.73. The molecule has 0 aliphatic heterocycles. The van der Waals surface area contributed by atoms with Crippen molar-refractivity contribution >= 4 is 5.71 Å². The molecule has 0 bridgehead atoms. The first-order chi connectivity index (χ1) is 6.27. The van der Waals surface area contributed by atoms with E-state index in [1.165, 1.54) is 25.1 Å². The zero-order valence-corrected chi connectivity index (χ0v) is 8.84. The summed E-state index contributed by atoms with van der Waals surface area (Å²) in [6, 6.07) is 0. The molecular weight excluding hydrogens is 158 g/mol. The molecule has 0 aromatic carbocycles. The Morgan fingerprint density at radius 3 is 2.69 bits per heavy atom. The van der Waals surface area contributed by atoms with Crippen LogP contribution >= 0.6 is 0 Å². The molecule has 1 fully saturated rings. The lowest BCUT2D eigenvalue weighted by molar-refractivity contribution is -0.503. The Kier molecular flexibility index (Phi) is 4.02. The van der Waals surface area contributed by atoms with E-state index in [-0.39, 0.29) is 0 Å². The van der Waals surface area contributed by atoms with Gasteiger partial charge >= 0.3 is 0 Å². The smallest absolute Gasteiger partial charge is 0.152 e. The molecule has 1 aliphatic carbocycles. The lowest BCUT2D eigenvalue weighted by atomic mass is 10.1. The van der Waals surface area contributed by atoms with E-state index in [1.807, 2.05) is 0 Å². The first-order valence-corrected chi connectivity index (χ1v) is 5.27. The Bertz CT molecular complexity index is 228. The third-order valence-corrected chi connectivity index (χ3v) is 2.73. The Labute approximate surface area is 81.9 Å². The Balaban J connectivity index is 2.43. The van der Waals surface area contributed by atoms with Crippen LogP contribution in [0.15, 0.2) is 0 Å². The van der Waals surface area contributed by atoms with Crippen molar-refractivity contribution in [1.82, 2.24) is 0 Å². The molecule has 13 heavy (non-hydrogen) atoms. The molecule has 1 nitrogen and oxygen atoms in total. The van der Waals surface area contributed by atoms with E-state index in [0.717, 1.165) is 25.2 Å². The highest BCUT2D eigenvalue weighted by molar-refractivity contribution is 5.79.